The van der Waals surface area contributed by atoms with Gasteiger partial charge in [0.15, 0.2) is 5.43 Å². The van der Waals surface area contributed by atoms with Crippen molar-refractivity contribution in [1.82, 2.24) is 0 Å². The molecule has 3 aromatic carbocycles. The largest absolute Gasteiger partial charge is 0.494 e. The summed E-state index contributed by atoms with van der Waals surface area (Å²) >= 11 is 6.17. The number of fused-ring (bicyclic) bond motifs is 2. The molecule has 0 N–H and O–H groups in total. The molecule has 0 saturated carbocycles. The SMILES string of the molecule is CCOc1ccc(N2C(=O)c3oc4ccc(Cl)cc4c(=O)c3C2c2ccc(C(C)C)cc2)cc1. The molecule has 1 aromatic heterocycles. The lowest BCUT2D eigenvalue weighted by Crippen LogP contribution is -2.29. The Morgan fingerprint density at radius 2 is 1.71 bits per heavy atom. The highest BCUT2D eigenvalue weighted by Crippen LogP contribution is 2.42. The van der Waals surface area contributed by atoms with Crippen LogP contribution in [0.1, 0.15) is 60.0 Å². The Kier molecular flexibility index (Phi) is 5.66. The van der Waals surface area contributed by atoms with Crippen molar-refractivity contribution in [3.63, 3.8) is 0 Å². The Morgan fingerprint density at radius 1 is 1.00 bits per heavy atom. The summed E-state index contributed by atoms with van der Waals surface area (Å²) in [6, 6.07) is 19.6. The maximum atomic E-state index is 13.7. The van der Waals surface area contributed by atoms with Gasteiger partial charge in [-0.05, 0) is 66.4 Å². The Balaban J connectivity index is 1.72. The third kappa shape index (κ3) is 3.66. The van der Waals surface area contributed by atoms with E-state index in [9.17, 15) is 9.59 Å². The van der Waals surface area contributed by atoms with Crippen molar-refractivity contribution in [2.24, 2.45) is 0 Å². The van der Waals surface area contributed by atoms with Crippen LogP contribution in [-0.4, -0.2) is 12.5 Å². The molecule has 1 aliphatic heterocycles. The number of amides is 1. The van der Waals surface area contributed by atoms with Gasteiger partial charge in [0.05, 0.1) is 23.6 Å². The minimum Gasteiger partial charge on any atom is -0.494 e. The quantitative estimate of drug-likeness (QED) is 0.323. The molecular formula is C28H24ClNO4. The standard InChI is InChI=1S/C28H24ClNO4/c1-4-33-21-12-10-20(11-13-21)30-25(18-7-5-17(6-8-18)16(2)3)24-26(31)22-15-19(29)9-14-23(22)34-27(24)28(30)32/h5-16,25H,4H2,1-3H3. The molecule has 0 aliphatic carbocycles. The molecule has 1 amide bonds. The summed E-state index contributed by atoms with van der Waals surface area (Å²) in [6.07, 6.45) is 0. The van der Waals surface area contributed by atoms with Crippen molar-refractivity contribution in [1.29, 1.82) is 0 Å². The number of hydrogen-bond donors (Lipinski definition) is 0. The number of carbonyl (C=O) groups is 1. The predicted molar refractivity (Wildman–Crippen MR) is 134 cm³/mol. The molecular weight excluding hydrogens is 450 g/mol. The van der Waals surface area contributed by atoms with Gasteiger partial charge in [0.1, 0.15) is 11.3 Å². The minimum atomic E-state index is -0.624. The van der Waals surface area contributed by atoms with Crippen LogP contribution in [0.4, 0.5) is 5.69 Å². The molecule has 2 heterocycles. The van der Waals surface area contributed by atoms with E-state index in [0.29, 0.717) is 45.5 Å². The number of rotatable bonds is 5. The van der Waals surface area contributed by atoms with Gasteiger partial charge >= 0.3 is 0 Å². The summed E-state index contributed by atoms with van der Waals surface area (Å²) in [5, 5.41) is 0.793. The van der Waals surface area contributed by atoms with Gasteiger partial charge in [0.25, 0.3) is 5.91 Å². The first-order valence-electron chi connectivity index (χ1n) is 11.3. The first kappa shape index (κ1) is 22.2. The lowest BCUT2D eigenvalue weighted by molar-refractivity contribution is 0.0971. The predicted octanol–water partition coefficient (Wildman–Crippen LogP) is 6.72. The highest BCUT2D eigenvalue weighted by molar-refractivity contribution is 6.31. The Morgan fingerprint density at radius 3 is 2.35 bits per heavy atom. The highest BCUT2D eigenvalue weighted by atomic mass is 35.5. The van der Waals surface area contributed by atoms with E-state index in [1.54, 1.807) is 23.1 Å². The average Bonchev–Trinajstić information content (AvgIpc) is 3.13. The van der Waals surface area contributed by atoms with Crippen molar-refractivity contribution in [3.8, 4) is 5.75 Å². The molecule has 1 atom stereocenters. The second-order valence-corrected chi connectivity index (χ2v) is 9.08. The molecule has 6 heteroatoms. The molecule has 34 heavy (non-hydrogen) atoms. The van der Waals surface area contributed by atoms with Crippen molar-refractivity contribution >= 4 is 34.2 Å². The zero-order chi connectivity index (χ0) is 24.0. The molecule has 5 nitrogen and oxygen atoms in total. The third-order valence-electron chi connectivity index (χ3n) is 6.18. The van der Waals surface area contributed by atoms with Gasteiger partial charge in [0.2, 0.25) is 5.76 Å². The molecule has 5 rings (SSSR count). The Hall–Kier alpha value is -3.57. The van der Waals surface area contributed by atoms with Crippen molar-refractivity contribution in [3.05, 3.63) is 104 Å². The fraction of sp³-hybridized carbons (Fsp3) is 0.214. The van der Waals surface area contributed by atoms with E-state index < -0.39 is 6.04 Å². The van der Waals surface area contributed by atoms with Crippen LogP contribution in [0.2, 0.25) is 5.02 Å². The Bertz CT molecular complexity index is 1440. The number of anilines is 1. The normalized spacial score (nSPS) is 15.3. The number of nitrogens with zero attached hydrogens (tertiary/aromatic N) is 1. The van der Waals surface area contributed by atoms with E-state index in [1.165, 1.54) is 5.56 Å². The zero-order valence-electron chi connectivity index (χ0n) is 19.2. The topological polar surface area (TPSA) is 59.8 Å². The first-order chi connectivity index (χ1) is 16.4. The second kappa shape index (κ2) is 8.65. The summed E-state index contributed by atoms with van der Waals surface area (Å²) in [6.45, 7) is 6.71. The van der Waals surface area contributed by atoms with Gasteiger partial charge in [-0.3, -0.25) is 14.5 Å². The summed E-state index contributed by atoms with van der Waals surface area (Å²) in [4.78, 5) is 29.0. The van der Waals surface area contributed by atoms with E-state index in [0.717, 1.165) is 5.56 Å². The number of benzene rings is 3. The Labute approximate surface area is 202 Å². The summed E-state index contributed by atoms with van der Waals surface area (Å²) in [5.74, 6) is 0.783. The second-order valence-electron chi connectivity index (χ2n) is 8.64. The fourth-order valence-corrected chi connectivity index (χ4v) is 4.63. The van der Waals surface area contributed by atoms with Crippen LogP contribution in [0, 0.1) is 0 Å². The van der Waals surface area contributed by atoms with E-state index in [-0.39, 0.29) is 17.1 Å². The molecule has 1 unspecified atom stereocenters. The number of hydrogen-bond acceptors (Lipinski definition) is 4. The number of carbonyl (C=O) groups excluding carboxylic acids is 1. The van der Waals surface area contributed by atoms with Crippen molar-refractivity contribution in [2.75, 3.05) is 11.5 Å². The number of ether oxygens (including phenoxy) is 1. The van der Waals surface area contributed by atoms with Crippen LogP contribution in [0.25, 0.3) is 11.0 Å². The smallest absolute Gasteiger partial charge is 0.295 e. The van der Waals surface area contributed by atoms with Gasteiger partial charge < -0.3 is 9.15 Å². The average molecular weight is 474 g/mol. The van der Waals surface area contributed by atoms with E-state index in [2.05, 4.69) is 13.8 Å². The van der Waals surface area contributed by atoms with Gasteiger partial charge in [-0.2, -0.15) is 0 Å². The van der Waals surface area contributed by atoms with E-state index >= 15 is 0 Å². The lowest BCUT2D eigenvalue weighted by atomic mass is 9.95. The molecule has 4 aromatic rings. The lowest BCUT2D eigenvalue weighted by Gasteiger charge is -2.25. The zero-order valence-corrected chi connectivity index (χ0v) is 19.9. The van der Waals surface area contributed by atoms with Gasteiger partial charge in [-0.1, -0.05) is 49.7 Å². The summed E-state index contributed by atoms with van der Waals surface area (Å²) in [5.41, 5.74) is 3.07. The molecule has 0 saturated heterocycles. The molecule has 172 valence electrons. The van der Waals surface area contributed by atoms with Crippen molar-refractivity contribution in [2.45, 2.75) is 32.7 Å². The van der Waals surface area contributed by atoms with Crippen LogP contribution in [-0.2, 0) is 0 Å². The molecule has 0 radical (unpaired) electrons. The first-order valence-corrected chi connectivity index (χ1v) is 11.7. The minimum absolute atomic E-state index is 0.0617. The van der Waals surface area contributed by atoms with Gasteiger partial charge in [0, 0.05) is 10.7 Å². The van der Waals surface area contributed by atoms with E-state index in [4.69, 9.17) is 20.8 Å². The van der Waals surface area contributed by atoms with Gasteiger partial charge in [-0.25, -0.2) is 0 Å². The fourth-order valence-electron chi connectivity index (χ4n) is 4.46. The monoisotopic (exact) mass is 473 g/mol. The van der Waals surface area contributed by atoms with Crippen molar-refractivity contribution < 1.29 is 13.9 Å². The molecule has 1 aliphatic rings. The maximum absolute atomic E-state index is 13.7. The van der Waals surface area contributed by atoms with Crippen LogP contribution >= 0.6 is 11.6 Å². The van der Waals surface area contributed by atoms with Crippen LogP contribution in [0.5, 0.6) is 5.75 Å². The summed E-state index contributed by atoms with van der Waals surface area (Å²) in [7, 11) is 0. The maximum Gasteiger partial charge on any atom is 0.295 e. The third-order valence-corrected chi connectivity index (χ3v) is 6.41. The summed E-state index contributed by atoms with van der Waals surface area (Å²) < 4.78 is 11.6. The highest BCUT2D eigenvalue weighted by Gasteiger charge is 2.43. The molecule has 0 fully saturated rings. The van der Waals surface area contributed by atoms with Gasteiger partial charge in [-0.15, -0.1) is 0 Å². The van der Waals surface area contributed by atoms with Crippen LogP contribution in [0.15, 0.2) is 75.9 Å². The molecule has 0 spiro atoms. The molecule has 0 bridgehead atoms. The van der Waals surface area contributed by atoms with E-state index in [1.807, 2.05) is 55.5 Å². The van der Waals surface area contributed by atoms with Crippen LogP contribution in [0.3, 0.4) is 0 Å². The number of halogens is 1. The van der Waals surface area contributed by atoms with Crippen LogP contribution < -0.4 is 15.1 Å².